The largest absolute Gasteiger partial charge is 0.497 e. The number of aryl methyl sites for hydroxylation is 2. The predicted octanol–water partition coefficient (Wildman–Crippen LogP) is 2.86. The van der Waals surface area contributed by atoms with Crippen molar-refractivity contribution in [2.45, 2.75) is 13.8 Å². The highest BCUT2D eigenvalue weighted by Gasteiger charge is 2.01. The van der Waals surface area contributed by atoms with Gasteiger partial charge in [0.05, 0.1) is 12.6 Å². The maximum absolute atomic E-state index is 5.18. The molecule has 0 amide bonds. The molecule has 0 saturated heterocycles. The molecule has 0 saturated carbocycles. The van der Waals surface area contributed by atoms with E-state index in [1.807, 2.05) is 25.1 Å². The van der Waals surface area contributed by atoms with Gasteiger partial charge in [-0.2, -0.15) is 0 Å². The lowest BCUT2D eigenvalue weighted by molar-refractivity contribution is 0.415. The van der Waals surface area contributed by atoms with Gasteiger partial charge in [0.2, 0.25) is 0 Å². The van der Waals surface area contributed by atoms with Crippen LogP contribution in [-0.4, -0.2) is 12.1 Å². The second-order valence-corrected chi connectivity index (χ2v) is 3.46. The maximum atomic E-state index is 5.18. The van der Waals surface area contributed by atoms with Crippen molar-refractivity contribution in [1.82, 2.24) is 4.98 Å². The minimum atomic E-state index is 0.881. The second-order valence-electron chi connectivity index (χ2n) is 3.46. The number of hydrogen-bond acceptors (Lipinski definition) is 2. The van der Waals surface area contributed by atoms with Crippen LogP contribution in [0, 0.1) is 13.8 Å². The summed E-state index contributed by atoms with van der Waals surface area (Å²) in [5.41, 5.74) is 3.33. The van der Waals surface area contributed by atoms with Crippen LogP contribution < -0.4 is 4.74 Å². The summed E-state index contributed by atoms with van der Waals surface area (Å²) in [6.45, 7) is 4.10. The third-order valence-electron chi connectivity index (χ3n) is 2.35. The van der Waals surface area contributed by atoms with Crippen LogP contribution in [0.15, 0.2) is 24.3 Å². The Morgan fingerprint density at radius 3 is 2.64 bits per heavy atom. The molecule has 0 aliphatic heterocycles. The number of benzene rings is 1. The lowest BCUT2D eigenvalue weighted by atomic mass is 10.1. The summed E-state index contributed by atoms with van der Waals surface area (Å²) in [5.74, 6) is 0.881. The van der Waals surface area contributed by atoms with E-state index in [0.29, 0.717) is 0 Å². The van der Waals surface area contributed by atoms with E-state index in [2.05, 4.69) is 18.0 Å². The van der Waals surface area contributed by atoms with Gasteiger partial charge in [0, 0.05) is 11.1 Å². The average molecular weight is 187 g/mol. The van der Waals surface area contributed by atoms with Crippen molar-refractivity contribution in [1.29, 1.82) is 0 Å². The molecule has 0 fully saturated rings. The topological polar surface area (TPSA) is 22.1 Å². The molecule has 0 spiro atoms. The molecule has 2 nitrogen and oxygen atoms in total. The summed E-state index contributed by atoms with van der Waals surface area (Å²) >= 11 is 0. The van der Waals surface area contributed by atoms with Crippen molar-refractivity contribution in [2.75, 3.05) is 7.11 Å². The molecule has 2 aromatic rings. The molecule has 0 radical (unpaired) electrons. The van der Waals surface area contributed by atoms with Crippen molar-refractivity contribution >= 4 is 10.9 Å². The zero-order chi connectivity index (χ0) is 10.1. The van der Waals surface area contributed by atoms with Gasteiger partial charge < -0.3 is 4.74 Å². The number of nitrogens with zero attached hydrogens (tertiary/aromatic N) is 1. The van der Waals surface area contributed by atoms with Crippen LogP contribution in [0.2, 0.25) is 0 Å². The zero-order valence-electron chi connectivity index (χ0n) is 8.66. The van der Waals surface area contributed by atoms with Gasteiger partial charge in [0.25, 0.3) is 0 Å². The summed E-state index contributed by atoms with van der Waals surface area (Å²) in [4.78, 5) is 4.46. The molecule has 14 heavy (non-hydrogen) atoms. The van der Waals surface area contributed by atoms with Gasteiger partial charge in [0.15, 0.2) is 0 Å². The molecule has 1 aromatic carbocycles. The van der Waals surface area contributed by atoms with Crippen LogP contribution in [0.4, 0.5) is 0 Å². The Morgan fingerprint density at radius 1 is 1.14 bits per heavy atom. The van der Waals surface area contributed by atoms with Crippen molar-refractivity contribution in [3.8, 4) is 5.75 Å². The molecule has 0 aliphatic carbocycles. The fraction of sp³-hybridized carbons (Fsp3) is 0.250. The van der Waals surface area contributed by atoms with Crippen LogP contribution in [0.25, 0.3) is 10.9 Å². The molecule has 0 bridgehead atoms. The number of hydrogen-bond donors (Lipinski definition) is 0. The summed E-state index contributed by atoms with van der Waals surface area (Å²) in [6, 6.07) is 8.04. The summed E-state index contributed by atoms with van der Waals surface area (Å²) < 4.78 is 5.18. The van der Waals surface area contributed by atoms with Gasteiger partial charge in [-0.25, -0.2) is 0 Å². The van der Waals surface area contributed by atoms with Gasteiger partial charge >= 0.3 is 0 Å². The highest BCUT2D eigenvalue weighted by atomic mass is 16.5. The van der Waals surface area contributed by atoms with Crippen LogP contribution in [0.1, 0.15) is 11.3 Å². The van der Waals surface area contributed by atoms with Gasteiger partial charge in [-0.1, -0.05) is 0 Å². The Labute approximate surface area is 83.5 Å². The number of ether oxygens (including phenoxy) is 1. The lowest BCUT2D eigenvalue weighted by Crippen LogP contribution is -1.89. The second kappa shape index (κ2) is 3.29. The molecule has 0 aliphatic rings. The molecule has 2 rings (SSSR count). The fourth-order valence-corrected chi connectivity index (χ4v) is 1.67. The number of rotatable bonds is 1. The molecule has 2 heteroatoms. The van der Waals surface area contributed by atoms with Crippen molar-refractivity contribution in [3.05, 3.63) is 35.5 Å². The number of methoxy groups -OCH3 is 1. The molecule has 1 aromatic heterocycles. The van der Waals surface area contributed by atoms with Gasteiger partial charge in [0.1, 0.15) is 5.75 Å². The van der Waals surface area contributed by atoms with E-state index in [-0.39, 0.29) is 0 Å². The van der Waals surface area contributed by atoms with Crippen LogP contribution in [-0.2, 0) is 0 Å². The monoisotopic (exact) mass is 187 g/mol. The minimum absolute atomic E-state index is 0.881. The van der Waals surface area contributed by atoms with Crippen LogP contribution in [0.3, 0.4) is 0 Å². The third kappa shape index (κ3) is 1.43. The highest BCUT2D eigenvalue weighted by Crippen LogP contribution is 2.22. The normalized spacial score (nSPS) is 10.5. The Morgan fingerprint density at radius 2 is 1.93 bits per heavy atom. The predicted molar refractivity (Wildman–Crippen MR) is 57.8 cm³/mol. The SMILES string of the molecule is COc1ccc2nc(C)cc(C)c2c1. The van der Waals surface area contributed by atoms with E-state index < -0.39 is 0 Å². The van der Waals surface area contributed by atoms with E-state index in [9.17, 15) is 0 Å². The molecular formula is C12H13NO. The molecular weight excluding hydrogens is 174 g/mol. The smallest absolute Gasteiger partial charge is 0.119 e. The van der Waals surface area contributed by atoms with Crippen molar-refractivity contribution in [2.24, 2.45) is 0 Å². The Bertz CT molecular complexity index is 477. The van der Waals surface area contributed by atoms with E-state index in [1.54, 1.807) is 7.11 Å². The minimum Gasteiger partial charge on any atom is -0.497 e. The highest BCUT2D eigenvalue weighted by molar-refractivity contribution is 5.83. The molecule has 1 heterocycles. The molecule has 72 valence electrons. The molecule has 0 atom stereocenters. The van der Waals surface area contributed by atoms with Crippen LogP contribution >= 0.6 is 0 Å². The molecule has 0 unspecified atom stereocenters. The number of pyridine rings is 1. The summed E-state index contributed by atoms with van der Waals surface area (Å²) in [6.07, 6.45) is 0. The maximum Gasteiger partial charge on any atom is 0.119 e. The fourth-order valence-electron chi connectivity index (χ4n) is 1.67. The Balaban J connectivity index is 2.75. The summed E-state index contributed by atoms with van der Waals surface area (Å²) in [7, 11) is 1.68. The van der Waals surface area contributed by atoms with E-state index >= 15 is 0 Å². The van der Waals surface area contributed by atoms with Gasteiger partial charge in [-0.3, -0.25) is 4.98 Å². The summed E-state index contributed by atoms with van der Waals surface area (Å²) in [5, 5.41) is 1.16. The number of fused-ring (bicyclic) bond motifs is 1. The molecule has 0 N–H and O–H groups in total. The first-order chi connectivity index (χ1) is 6.70. The van der Waals surface area contributed by atoms with Crippen molar-refractivity contribution in [3.63, 3.8) is 0 Å². The third-order valence-corrected chi connectivity index (χ3v) is 2.35. The first-order valence-electron chi connectivity index (χ1n) is 4.62. The quantitative estimate of drug-likeness (QED) is 0.684. The average Bonchev–Trinajstić information content (AvgIpc) is 2.17. The zero-order valence-corrected chi connectivity index (χ0v) is 8.66. The number of aromatic nitrogens is 1. The lowest BCUT2D eigenvalue weighted by Gasteiger charge is -2.05. The van der Waals surface area contributed by atoms with Crippen LogP contribution in [0.5, 0.6) is 5.75 Å². The van der Waals surface area contributed by atoms with E-state index in [1.165, 1.54) is 5.56 Å². The standard InChI is InChI=1S/C12H13NO/c1-8-6-9(2)13-12-5-4-10(14-3)7-11(8)12/h4-7H,1-3H3. The van der Waals surface area contributed by atoms with Crippen molar-refractivity contribution < 1.29 is 4.74 Å². The Kier molecular flexibility index (Phi) is 2.12. The Hall–Kier alpha value is -1.57. The van der Waals surface area contributed by atoms with E-state index in [4.69, 9.17) is 4.74 Å². The van der Waals surface area contributed by atoms with E-state index in [0.717, 1.165) is 22.3 Å². The first-order valence-corrected chi connectivity index (χ1v) is 4.62. The van der Waals surface area contributed by atoms with Gasteiger partial charge in [-0.15, -0.1) is 0 Å². The first kappa shape index (κ1) is 9.00. The van der Waals surface area contributed by atoms with Gasteiger partial charge in [-0.05, 0) is 43.7 Å².